The molecule has 1 aromatic carbocycles. The summed E-state index contributed by atoms with van der Waals surface area (Å²) >= 11 is 0. The Labute approximate surface area is 140 Å². The van der Waals surface area contributed by atoms with E-state index in [1.807, 2.05) is 37.3 Å². The normalized spacial score (nSPS) is 16.5. The maximum Gasteiger partial charge on any atom is 0.257 e. The number of amides is 1. The minimum Gasteiger partial charge on any atom is -0.413 e. The number of fused-ring (bicyclic) bond motifs is 1. The van der Waals surface area contributed by atoms with Crippen LogP contribution in [-0.4, -0.2) is 33.2 Å². The van der Waals surface area contributed by atoms with Crippen LogP contribution < -0.4 is 5.32 Å². The molecule has 1 amide bonds. The van der Waals surface area contributed by atoms with E-state index in [9.17, 15) is 4.79 Å². The van der Waals surface area contributed by atoms with Crippen LogP contribution in [-0.2, 0) is 15.8 Å². The molecule has 0 aromatic heterocycles. The summed E-state index contributed by atoms with van der Waals surface area (Å²) in [4.78, 5) is 14.1. The average Bonchev–Trinajstić information content (AvgIpc) is 2.71. The first-order valence-corrected chi connectivity index (χ1v) is 10.9. The lowest BCUT2D eigenvalue weighted by Gasteiger charge is -2.36. The molecule has 4 nitrogen and oxygen atoms in total. The summed E-state index contributed by atoms with van der Waals surface area (Å²) in [5.41, 5.74) is 3.63. The van der Waals surface area contributed by atoms with E-state index >= 15 is 0 Å². The number of nitrogens with zero attached hydrogens (tertiary/aromatic N) is 1. The summed E-state index contributed by atoms with van der Waals surface area (Å²) in [6.07, 6.45) is 1.87. The lowest BCUT2D eigenvalue weighted by molar-refractivity contribution is -0.110. The predicted molar refractivity (Wildman–Crippen MR) is 98.7 cm³/mol. The molecule has 0 spiro atoms. The van der Waals surface area contributed by atoms with Crippen molar-refractivity contribution in [3.8, 4) is 0 Å². The van der Waals surface area contributed by atoms with Gasteiger partial charge in [-0.25, -0.2) is 0 Å². The molecule has 0 radical (unpaired) electrons. The topological polar surface area (TPSA) is 41.6 Å². The molecule has 1 aliphatic rings. The van der Waals surface area contributed by atoms with Gasteiger partial charge in [-0.1, -0.05) is 32.9 Å². The van der Waals surface area contributed by atoms with Crippen LogP contribution in [0.5, 0.6) is 0 Å². The molecule has 0 fully saturated rings. The van der Waals surface area contributed by atoms with Crippen LogP contribution in [0.25, 0.3) is 5.57 Å². The van der Waals surface area contributed by atoms with E-state index in [1.54, 1.807) is 0 Å². The van der Waals surface area contributed by atoms with Crippen LogP contribution >= 0.6 is 0 Å². The SMILES string of the molecule is CN(C)/C=C1\C(=O)Nc2cccc(CO[Si](C)(C)C(C)(C)C)c21. The summed E-state index contributed by atoms with van der Waals surface area (Å²) < 4.78 is 6.35. The summed E-state index contributed by atoms with van der Waals surface area (Å²) in [5.74, 6) is -0.0477. The van der Waals surface area contributed by atoms with Gasteiger partial charge in [-0.15, -0.1) is 0 Å². The fraction of sp³-hybridized carbons (Fsp3) is 0.500. The van der Waals surface area contributed by atoms with Crippen LogP contribution in [0.2, 0.25) is 18.1 Å². The maximum atomic E-state index is 12.2. The number of hydrogen-bond donors (Lipinski definition) is 1. The van der Waals surface area contributed by atoms with Crippen LogP contribution in [0.15, 0.2) is 24.4 Å². The van der Waals surface area contributed by atoms with Crippen molar-refractivity contribution in [1.29, 1.82) is 0 Å². The van der Waals surface area contributed by atoms with Gasteiger partial charge in [-0.3, -0.25) is 4.79 Å². The fourth-order valence-corrected chi connectivity index (χ4v) is 3.25. The summed E-state index contributed by atoms with van der Waals surface area (Å²) in [7, 11) is 2.02. The van der Waals surface area contributed by atoms with Gasteiger partial charge in [0.2, 0.25) is 0 Å². The zero-order chi connectivity index (χ0) is 17.4. The first-order valence-electron chi connectivity index (χ1n) is 7.99. The van der Waals surface area contributed by atoms with E-state index in [2.05, 4.69) is 45.2 Å². The molecule has 2 rings (SSSR count). The van der Waals surface area contributed by atoms with Crippen LogP contribution in [0.4, 0.5) is 5.69 Å². The van der Waals surface area contributed by atoms with Gasteiger partial charge in [-0.2, -0.15) is 0 Å². The van der Waals surface area contributed by atoms with Crippen molar-refractivity contribution in [1.82, 2.24) is 4.90 Å². The van der Waals surface area contributed by atoms with E-state index in [-0.39, 0.29) is 10.9 Å². The number of carbonyl (C=O) groups is 1. The Morgan fingerprint density at radius 1 is 1.26 bits per heavy atom. The predicted octanol–water partition coefficient (Wildman–Crippen LogP) is 4.06. The molecule has 0 saturated heterocycles. The Hall–Kier alpha value is -1.59. The van der Waals surface area contributed by atoms with Crippen LogP contribution in [0, 0.1) is 0 Å². The Morgan fingerprint density at radius 3 is 2.48 bits per heavy atom. The summed E-state index contributed by atoms with van der Waals surface area (Å²) in [6.45, 7) is 11.7. The zero-order valence-corrected chi connectivity index (χ0v) is 16.3. The minimum absolute atomic E-state index is 0.0477. The van der Waals surface area contributed by atoms with Crippen molar-refractivity contribution in [3.63, 3.8) is 0 Å². The van der Waals surface area contributed by atoms with Gasteiger partial charge in [0.1, 0.15) is 0 Å². The highest BCUT2D eigenvalue weighted by Gasteiger charge is 2.37. The number of rotatable bonds is 4. The number of nitrogens with one attached hydrogen (secondary N) is 1. The van der Waals surface area contributed by atoms with Crippen molar-refractivity contribution in [2.24, 2.45) is 0 Å². The fourth-order valence-electron chi connectivity index (χ4n) is 2.30. The lowest BCUT2D eigenvalue weighted by atomic mass is 10.0. The highest BCUT2D eigenvalue weighted by molar-refractivity contribution is 6.74. The Morgan fingerprint density at radius 2 is 1.91 bits per heavy atom. The van der Waals surface area contributed by atoms with Crippen molar-refractivity contribution in [2.45, 2.75) is 45.5 Å². The molecule has 0 atom stereocenters. The van der Waals surface area contributed by atoms with Gasteiger partial charge in [0, 0.05) is 31.5 Å². The zero-order valence-electron chi connectivity index (χ0n) is 15.3. The summed E-state index contributed by atoms with van der Waals surface area (Å²) in [6, 6.07) is 5.97. The third-order valence-electron chi connectivity index (χ3n) is 4.69. The molecule has 0 unspecified atom stereocenters. The molecule has 0 aliphatic carbocycles. The van der Waals surface area contributed by atoms with Crippen LogP contribution in [0.1, 0.15) is 31.9 Å². The van der Waals surface area contributed by atoms with E-state index in [1.165, 1.54) is 0 Å². The van der Waals surface area contributed by atoms with Gasteiger partial charge >= 0.3 is 0 Å². The smallest absolute Gasteiger partial charge is 0.257 e. The molecule has 1 aliphatic heterocycles. The first-order chi connectivity index (χ1) is 10.5. The maximum absolute atomic E-state index is 12.2. The molecule has 1 aromatic rings. The lowest BCUT2D eigenvalue weighted by Crippen LogP contribution is -2.40. The van der Waals surface area contributed by atoms with Crippen molar-refractivity contribution < 1.29 is 9.22 Å². The highest BCUT2D eigenvalue weighted by Crippen LogP contribution is 2.39. The minimum atomic E-state index is -1.83. The standard InChI is InChI=1S/C18H28N2O2Si/c1-18(2,3)23(6,7)22-12-13-9-8-10-15-16(13)14(11-20(4)5)17(21)19-15/h8-11H,12H2,1-7H3,(H,19,21)/b14-11-. The molecular formula is C18H28N2O2Si. The van der Waals surface area contributed by atoms with Crippen molar-refractivity contribution in [3.05, 3.63) is 35.5 Å². The molecule has 0 bridgehead atoms. The number of benzene rings is 1. The Balaban J connectivity index is 2.34. The number of hydrogen-bond acceptors (Lipinski definition) is 3. The Kier molecular flexibility index (Phi) is 4.73. The second-order valence-electron chi connectivity index (χ2n) is 7.85. The van der Waals surface area contributed by atoms with E-state index in [0.29, 0.717) is 12.2 Å². The second kappa shape index (κ2) is 6.13. The third kappa shape index (κ3) is 3.67. The quantitative estimate of drug-likeness (QED) is 0.668. The molecule has 5 heteroatoms. The molecule has 1 N–H and O–H groups in total. The Bertz CT molecular complexity index is 643. The van der Waals surface area contributed by atoms with Gasteiger partial charge < -0.3 is 14.6 Å². The monoisotopic (exact) mass is 332 g/mol. The highest BCUT2D eigenvalue weighted by atomic mass is 28.4. The van der Waals surface area contributed by atoms with Gasteiger partial charge in [-0.05, 0) is 29.8 Å². The molecule has 23 heavy (non-hydrogen) atoms. The van der Waals surface area contributed by atoms with Gasteiger partial charge in [0.05, 0.1) is 12.2 Å². The third-order valence-corrected chi connectivity index (χ3v) is 9.17. The summed E-state index contributed by atoms with van der Waals surface area (Å²) in [5, 5.41) is 3.11. The molecular weight excluding hydrogens is 304 g/mol. The first kappa shape index (κ1) is 17.8. The van der Waals surface area contributed by atoms with E-state index in [4.69, 9.17) is 4.43 Å². The molecule has 1 heterocycles. The molecule has 126 valence electrons. The van der Waals surface area contributed by atoms with Crippen molar-refractivity contribution in [2.75, 3.05) is 19.4 Å². The van der Waals surface area contributed by atoms with Crippen molar-refractivity contribution >= 4 is 25.5 Å². The van der Waals surface area contributed by atoms with Gasteiger partial charge in [0.15, 0.2) is 8.32 Å². The number of anilines is 1. The second-order valence-corrected chi connectivity index (χ2v) is 12.7. The van der Waals surface area contributed by atoms with E-state index in [0.717, 1.165) is 16.8 Å². The molecule has 0 saturated carbocycles. The van der Waals surface area contributed by atoms with E-state index < -0.39 is 8.32 Å². The average molecular weight is 333 g/mol. The largest absolute Gasteiger partial charge is 0.413 e. The van der Waals surface area contributed by atoms with Gasteiger partial charge in [0.25, 0.3) is 5.91 Å². The van der Waals surface area contributed by atoms with Crippen LogP contribution in [0.3, 0.4) is 0 Å². The number of carbonyl (C=O) groups excluding carboxylic acids is 1.